The predicted molar refractivity (Wildman–Crippen MR) is 87.2 cm³/mol. The Morgan fingerprint density at radius 1 is 0.952 bits per heavy atom. The molecule has 1 amide bonds. The lowest BCUT2D eigenvalue weighted by molar-refractivity contribution is -0.128. The number of anilines is 1. The highest BCUT2D eigenvalue weighted by atomic mass is 16.2. The molecule has 0 saturated carbocycles. The third-order valence-electron chi connectivity index (χ3n) is 3.52. The van der Waals surface area contributed by atoms with Crippen LogP contribution in [0.15, 0.2) is 60.7 Å². The second-order valence-corrected chi connectivity index (χ2v) is 5.09. The summed E-state index contributed by atoms with van der Waals surface area (Å²) in [6.07, 6.45) is 0. The van der Waals surface area contributed by atoms with E-state index in [2.05, 4.69) is 11.8 Å². The number of carbonyl (C=O) groups excluding carboxylic acids is 1. The van der Waals surface area contributed by atoms with Gasteiger partial charge in [-0.15, -0.1) is 0 Å². The minimum Gasteiger partial charge on any atom is -0.362 e. The summed E-state index contributed by atoms with van der Waals surface area (Å²) in [6.45, 7) is 3.93. The van der Waals surface area contributed by atoms with Gasteiger partial charge < -0.3 is 9.80 Å². The van der Waals surface area contributed by atoms with Crippen LogP contribution in [0.1, 0.15) is 12.5 Å². The second kappa shape index (κ2) is 7.48. The minimum absolute atomic E-state index is 0.129. The molecule has 2 rings (SSSR count). The van der Waals surface area contributed by atoms with Crippen molar-refractivity contribution in [3.63, 3.8) is 0 Å². The molecular formula is C18H22N2O. The van der Waals surface area contributed by atoms with Crippen LogP contribution >= 0.6 is 0 Å². The standard InChI is InChI=1S/C18H22N2O/c1-3-20(17-12-8-5-9-13-17)15-18(21)19(2)14-16-10-6-4-7-11-16/h4-13H,3,14-15H2,1-2H3. The summed E-state index contributed by atoms with van der Waals surface area (Å²) in [5.41, 5.74) is 2.23. The van der Waals surface area contributed by atoms with E-state index < -0.39 is 0 Å². The van der Waals surface area contributed by atoms with Gasteiger partial charge in [0.1, 0.15) is 0 Å². The first kappa shape index (κ1) is 15.1. The highest BCUT2D eigenvalue weighted by molar-refractivity contribution is 5.81. The summed E-state index contributed by atoms with van der Waals surface area (Å²) >= 11 is 0. The maximum absolute atomic E-state index is 12.4. The summed E-state index contributed by atoms with van der Waals surface area (Å²) in [5, 5.41) is 0. The monoisotopic (exact) mass is 282 g/mol. The van der Waals surface area contributed by atoms with Crippen LogP contribution in [-0.2, 0) is 11.3 Å². The number of rotatable bonds is 6. The van der Waals surface area contributed by atoms with Crippen molar-refractivity contribution in [3.8, 4) is 0 Å². The third kappa shape index (κ3) is 4.35. The van der Waals surface area contributed by atoms with Crippen molar-refractivity contribution in [3.05, 3.63) is 66.2 Å². The lowest BCUT2D eigenvalue weighted by atomic mass is 10.2. The van der Waals surface area contributed by atoms with Crippen molar-refractivity contribution in [1.29, 1.82) is 0 Å². The molecule has 0 fully saturated rings. The Kier molecular flexibility index (Phi) is 5.38. The molecule has 0 N–H and O–H groups in total. The van der Waals surface area contributed by atoms with E-state index in [-0.39, 0.29) is 5.91 Å². The number of benzene rings is 2. The van der Waals surface area contributed by atoms with Gasteiger partial charge in [0, 0.05) is 25.8 Å². The summed E-state index contributed by atoms with van der Waals surface area (Å²) in [5.74, 6) is 0.129. The number of hydrogen-bond acceptors (Lipinski definition) is 2. The Morgan fingerprint density at radius 2 is 1.52 bits per heavy atom. The van der Waals surface area contributed by atoms with Crippen molar-refractivity contribution in [1.82, 2.24) is 4.90 Å². The number of nitrogens with zero attached hydrogens (tertiary/aromatic N) is 2. The van der Waals surface area contributed by atoms with Gasteiger partial charge in [0.05, 0.1) is 6.54 Å². The third-order valence-corrected chi connectivity index (χ3v) is 3.52. The lowest BCUT2D eigenvalue weighted by Gasteiger charge is -2.26. The average Bonchev–Trinajstić information content (AvgIpc) is 2.54. The van der Waals surface area contributed by atoms with Crippen molar-refractivity contribution >= 4 is 11.6 Å². The highest BCUT2D eigenvalue weighted by Crippen LogP contribution is 2.13. The molecule has 3 heteroatoms. The number of para-hydroxylation sites is 1. The molecule has 0 spiro atoms. The van der Waals surface area contributed by atoms with E-state index in [0.717, 1.165) is 17.8 Å². The van der Waals surface area contributed by atoms with Gasteiger partial charge >= 0.3 is 0 Å². The first-order chi connectivity index (χ1) is 10.2. The SMILES string of the molecule is CCN(CC(=O)N(C)Cc1ccccc1)c1ccccc1. The van der Waals surface area contributed by atoms with Crippen molar-refractivity contribution in [2.24, 2.45) is 0 Å². The van der Waals surface area contributed by atoms with Crippen LogP contribution in [-0.4, -0.2) is 30.9 Å². The molecule has 0 unspecified atom stereocenters. The van der Waals surface area contributed by atoms with E-state index in [4.69, 9.17) is 0 Å². The summed E-state index contributed by atoms with van der Waals surface area (Å²) < 4.78 is 0. The van der Waals surface area contributed by atoms with Crippen LogP contribution in [0, 0.1) is 0 Å². The Bertz CT molecular complexity index is 554. The molecule has 0 aliphatic carbocycles. The molecule has 0 bridgehead atoms. The van der Waals surface area contributed by atoms with E-state index in [9.17, 15) is 4.79 Å². The molecule has 0 saturated heterocycles. The van der Waals surface area contributed by atoms with Gasteiger partial charge in [-0.2, -0.15) is 0 Å². The molecule has 0 aliphatic heterocycles. The Morgan fingerprint density at radius 3 is 2.10 bits per heavy atom. The normalized spacial score (nSPS) is 10.2. The molecule has 0 aliphatic rings. The zero-order valence-electron chi connectivity index (χ0n) is 12.7. The number of likely N-dealkylation sites (N-methyl/N-ethyl adjacent to an activating group) is 2. The lowest BCUT2D eigenvalue weighted by Crippen LogP contribution is -2.38. The highest BCUT2D eigenvalue weighted by Gasteiger charge is 2.14. The number of hydrogen-bond donors (Lipinski definition) is 0. The van der Waals surface area contributed by atoms with Crippen LogP contribution < -0.4 is 4.90 Å². The molecule has 2 aromatic rings. The molecule has 3 nitrogen and oxygen atoms in total. The number of carbonyl (C=O) groups is 1. The molecule has 0 atom stereocenters. The first-order valence-corrected chi connectivity index (χ1v) is 7.28. The van der Waals surface area contributed by atoms with Crippen molar-refractivity contribution in [2.75, 3.05) is 25.0 Å². The van der Waals surface area contributed by atoms with Gasteiger partial charge in [0.2, 0.25) is 5.91 Å². The van der Waals surface area contributed by atoms with E-state index >= 15 is 0 Å². The smallest absolute Gasteiger partial charge is 0.242 e. The van der Waals surface area contributed by atoms with Crippen LogP contribution in [0.25, 0.3) is 0 Å². The van der Waals surface area contributed by atoms with E-state index in [1.807, 2.05) is 67.7 Å². The largest absolute Gasteiger partial charge is 0.362 e. The molecule has 0 heterocycles. The predicted octanol–water partition coefficient (Wildman–Crippen LogP) is 3.17. The van der Waals surface area contributed by atoms with E-state index in [1.54, 1.807) is 4.90 Å². The van der Waals surface area contributed by atoms with Crippen LogP contribution in [0.2, 0.25) is 0 Å². The maximum Gasteiger partial charge on any atom is 0.242 e. The summed E-state index contributed by atoms with van der Waals surface area (Å²) in [4.78, 5) is 16.2. The van der Waals surface area contributed by atoms with E-state index in [1.165, 1.54) is 0 Å². The van der Waals surface area contributed by atoms with Gasteiger partial charge in [-0.3, -0.25) is 4.79 Å². The van der Waals surface area contributed by atoms with Gasteiger partial charge in [-0.1, -0.05) is 48.5 Å². The minimum atomic E-state index is 0.129. The molecule has 2 aromatic carbocycles. The van der Waals surface area contributed by atoms with E-state index in [0.29, 0.717) is 13.1 Å². The second-order valence-electron chi connectivity index (χ2n) is 5.09. The fraction of sp³-hybridized carbons (Fsp3) is 0.278. The molecule has 110 valence electrons. The Labute approximate surface area is 126 Å². The zero-order valence-corrected chi connectivity index (χ0v) is 12.7. The Balaban J connectivity index is 1.96. The number of amides is 1. The molecule has 0 aromatic heterocycles. The van der Waals surface area contributed by atoms with Crippen LogP contribution in [0.4, 0.5) is 5.69 Å². The first-order valence-electron chi connectivity index (χ1n) is 7.28. The van der Waals surface area contributed by atoms with Gasteiger partial charge in [-0.25, -0.2) is 0 Å². The van der Waals surface area contributed by atoms with Crippen molar-refractivity contribution < 1.29 is 4.79 Å². The quantitative estimate of drug-likeness (QED) is 0.812. The topological polar surface area (TPSA) is 23.6 Å². The molecule has 0 radical (unpaired) electrons. The van der Waals surface area contributed by atoms with Gasteiger partial charge in [0.15, 0.2) is 0 Å². The van der Waals surface area contributed by atoms with Gasteiger partial charge in [-0.05, 0) is 24.6 Å². The fourth-order valence-electron chi connectivity index (χ4n) is 2.25. The summed E-state index contributed by atoms with van der Waals surface area (Å²) in [7, 11) is 1.86. The Hall–Kier alpha value is -2.29. The van der Waals surface area contributed by atoms with Crippen LogP contribution in [0.5, 0.6) is 0 Å². The fourth-order valence-corrected chi connectivity index (χ4v) is 2.25. The maximum atomic E-state index is 12.4. The molecule has 21 heavy (non-hydrogen) atoms. The van der Waals surface area contributed by atoms with Crippen LogP contribution in [0.3, 0.4) is 0 Å². The zero-order chi connectivity index (χ0) is 15.1. The van der Waals surface area contributed by atoms with Gasteiger partial charge in [0.25, 0.3) is 0 Å². The van der Waals surface area contributed by atoms with Crippen molar-refractivity contribution in [2.45, 2.75) is 13.5 Å². The molecular weight excluding hydrogens is 260 g/mol. The average molecular weight is 282 g/mol. The summed E-state index contributed by atoms with van der Waals surface area (Å²) in [6, 6.07) is 20.1.